The lowest BCUT2D eigenvalue weighted by molar-refractivity contribution is -0.163. The van der Waals surface area contributed by atoms with Crippen molar-refractivity contribution in [2.24, 2.45) is 0 Å². The predicted octanol–water partition coefficient (Wildman–Crippen LogP) is 3.35. The minimum atomic E-state index is -0.939. The van der Waals surface area contributed by atoms with E-state index in [1.807, 2.05) is 17.0 Å². The summed E-state index contributed by atoms with van der Waals surface area (Å²) in [5.74, 6) is -1.07. The van der Waals surface area contributed by atoms with Crippen molar-refractivity contribution in [3.05, 3.63) is 35.4 Å². The molecule has 36 heavy (non-hydrogen) atoms. The van der Waals surface area contributed by atoms with Crippen LogP contribution in [0.1, 0.15) is 87.1 Å². The summed E-state index contributed by atoms with van der Waals surface area (Å²) < 4.78 is 0. The van der Waals surface area contributed by atoms with Crippen LogP contribution in [0.5, 0.6) is 0 Å². The SMILES string of the molecule is CCCCN1C(=O)[C@@H](CC2(O)CCCCC2)NC(=O)C12CCN(Cc1ccc(C(=O)O)cc1)CC2.Cl. The van der Waals surface area contributed by atoms with Gasteiger partial charge in [0.25, 0.3) is 0 Å². The fraction of sp³-hybridized carbons (Fsp3) is 0.667. The largest absolute Gasteiger partial charge is 0.478 e. The molecule has 1 aromatic rings. The van der Waals surface area contributed by atoms with Crippen molar-refractivity contribution < 1.29 is 24.6 Å². The van der Waals surface area contributed by atoms with E-state index < -0.39 is 23.2 Å². The van der Waals surface area contributed by atoms with Crippen molar-refractivity contribution in [3.8, 4) is 0 Å². The van der Waals surface area contributed by atoms with E-state index in [-0.39, 0.29) is 29.8 Å². The summed E-state index contributed by atoms with van der Waals surface area (Å²) in [5.41, 5.74) is -0.407. The fourth-order valence-electron chi connectivity index (χ4n) is 6.04. The molecular weight excluding hydrogens is 482 g/mol. The van der Waals surface area contributed by atoms with Gasteiger partial charge in [-0.1, -0.05) is 44.7 Å². The van der Waals surface area contributed by atoms with Gasteiger partial charge in [0.1, 0.15) is 11.6 Å². The van der Waals surface area contributed by atoms with Gasteiger partial charge in [0.15, 0.2) is 0 Å². The Bertz CT molecular complexity index is 924. The number of amides is 2. The van der Waals surface area contributed by atoms with Gasteiger partial charge in [-0.25, -0.2) is 4.79 Å². The molecule has 0 aromatic heterocycles. The smallest absolute Gasteiger partial charge is 0.335 e. The van der Waals surface area contributed by atoms with E-state index >= 15 is 0 Å². The number of halogens is 1. The van der Waals surface area contributed by atoms with E-state index in [1.54, 1.807) is 12.1 Å². The van der Waals surface area contributed by atoms with Crippen LogP contribution in [0.4, 0.5) is 0 Å². The highest BCUT2D eigenvalue weighted by molar-refractivity contribution is 6.00. The molecule has 3 N–H and O–H groups in total. The summed E-state index contributed by atoms with van der Waals surface area (Å²) in [5, 5.41) is 23.2. The number of aromatic carboxylic acids is 1. The van der Waals surface area contributed by atoms with Crippen LogP contribution in [-0.2, 0) is 16.1 Å². The zero-order valence-electron chi connectivity index (χ0n) is 21.2. The third-order valence-electron chi connectivity index (χ3n) is 8.20. The highest BCUT2D eigenvalue weighted by Crippen LogP contribution is 2.37. The molecule has 0 unspecified atom stereocenters. The molecule has 2 heterocycles. The Hall–Kier alpha value is -2.16. The highest BCUT2D eigenvalue weighted by atomic mass is 35.5. The molecule has 0 radical (unpaired) electrons. The number of aliphatic hydroxyl groups is 1. The number of piperazine rings is 1. The average Bonchev–Trinajstić information content (AvgIpc) is 2.84. The molecule has 2 aliphatic heterocycles. The quantitative estimate of drug-likeness (QED) is 0.484. The molecular formula is C27H40ClN3O5. The van der Waals surface area contributed by atoms with Crippen LogP contribution >= 0.6 is 12.4 Å². The number of piperidine rings is 1. The van der Waals surface area contributed by atoms with Crippen LogP contribution in [0.25, 0.3) is 0 Å². The maximum Gasteiger partial charge on any atom is 0.335 e. The van der Waals surface area contributed by atoms with Crippen molar-refractivity contribution in [1.82, 2.24) is 15.1 Å². The van der Waals surface area contributed by atoms with Crippen molar-refractivity contribution in [2.75, 3.05) is 19.6 Å². The minimum absolute atomic E-state index is 0. The van der Waals surface area contributed by atoms with Crippen LogP contribution in [0, 0.1) is 0 Å². The van der Waals surface area contributed by atoms with Gasteiger partial charge in [0.05, 0.1) is 11.2 Å². The van der Waals surface area contributed by atoms with E-state index in [2.05, 4.69) is 17.1 Å². The summed E-state index contributed by atoms with van der Waals surface area (Å²) in [4.78, 5) is 42.4. The topological polar surface area (TPSA) is 110 Å². The number of rotatable bonds is 8. The van der Waals surface area contributed by atoms with E-state index in [0.717, 1.165) is 37.7 Å². The average molecular weight is 522 g/mol. The standard InChI is InChI=1S/C27H39N3O5.ClH/c1-2-3-15-30-23(31)22(18-26(35)11-5-4-6-12-26)28-25(34)27(30)13-16-29(17-14-27)19-20-7-9-21(10-8-20)24(32)33;/h7-10,22,35H,2-6,11-19H2,1H3,(H,28,34)(H,32,33);1H/t22-;/m1./s1. The first-order valence-corrected chi connectivity index (χ1v) is 13.2. The summed E-state index contributed by atoms with van der Waals surface area (Å²) >= 11 is 0. The Balaban J connectivity index is 0.00000361. The van der Waals surface area contributed by atoms with Gasteiger partial charge in [-0.05, 0) is 49.8 Å². The number of hydrogen-bond acceptors (Lipinski definition) is 5. The number of carboxylic acid groups (broad SMARTS) is 1. The van der Waals surface area contributed by atoms with Gasteiger partial charge in [0, 0.05) is 32.6 Å². The molecule has 2 amide bonds. The number of nitrogens with zero attached hydrogens (tertiary/aromatic N) is 2. The molecule has 2 saturated heterocycles. The Morgan fingerprint density at radius 2 is 1.69 bits per heavy atom. The van der Waals surface area contributed by atoms with E-state index in [9.17, 15) is 19.5 Å². The summed E-state index contributed by atoms with van der Waals surface area (Å²) in [6.45, 7) is 4.68. The first kappa shape index (κ1) is 28.4. The lowest BCUT2D eigenvalue weighted by atomic mass is 9.77. The van der Waals surface area contributed by atoms with Gasteiger partial charge in [-0.15, -0.1) is 12.4 Å². The summed E-state index contributed by atoms with van der Waals surface area (Å²) in [6.07, 6.45) is 7.63. The van der Waals surface area contributed by atoms with Crippen molar-refractivity contribution in [3.63, 3.8) is 0 Å². The van der Waals surface area contributed by atoms with Crippen LogP contribution in [0.15, 0.2) is 24.3 Å². The summed E-state index contributed by atoms with van der Waals surface area (Å²) in [6, 6.07) is 6.24. The predicted molar refractivity (Wildman–Crippen MR) is 139 cm³/mol. The maximum absolute atomic E-state index is 13.7. The van der Waals surface area contributed by atoms with Crippen molar-refractivity contribution in [1.29, 1.82) is 0 Å². The van der Waals surface area contributed by atoms with Gasteiger partial charge < -0.3 is 20.4 Å². The molecule has 1 spiro atoms. The fourth-order valence-corrected chi connectivity index (χ4v) is 6.04. The van der Waals surface area contributed by atoms with Gasteiger partial charge in [-0.3, -0.25) is 14.5 Å². The van der Waals surface area contributed by atoms with Crippen LogP contribution in [0.2, 0.25) is 0 Å². The number of hydrogen-bond donors (Lipinski definition) is 3. The first-order chi connectivity index (χ1) is 16.8. The normalized spacial score (nSPS) is 23.7. The zero-order valence-corrected chi connectivity index (χ0v) is 22.0. The second-order valence-electron chi connectivity index (χ2n) is 10.7. The first-order valence-electron chi connectivity index (χ1n) is 13.2. The molecule has 200 valence electrons. The molecule has 1 atom stereocenters. The third kappa shape index (κ3) is 6.03. The second kappa shape index (κ2) is 11.9. The van der Waals surface area contributed by atoms with E-state index in [4.69, 9.17) is 5.11 Å². The maximum atomic E-state index is 13.7. The molecule has 8 nitrogen and oxygen atoms in total. The molecule has 0 bridgehead atoms. The lowest BCUT2D eigenvalue weighted by Gasteiger charge is -2.52. The highest BCUT2D eigenvalue weighted by Gasteiger charge is 2.54. The lowest BCUT2D eigenvalue weighted by Crippen LogP contribution is -2.73. The van der Waals surface area contributed by atoms with Crippen LogP contribution in [-0.4, -0.2) is 74.6 Å². The molecule has 3 fully saturated rings. The molecule has 9 heteroatoms. The Morgan fingerprint density at radius 1 is 1.06 bits per heavy atom. The van der Waals surface area contributed by atoms with Crippen LogP contribution in [0.3, 0.4) is 0 Å². The van der Waals surface area contributed by atoms with Crippen molar-refractivity contribution >= 4 is 30.2 Å². The third-order valence-corrected chi connectivity index (χ3v) is 8.20. The molecule has 1 aliphatic carbocycles. The Labute approximate surface area is 219 Å². The van der Waals surface area contributed by atoms with E-state index in [0.29, 0.717) is 58.3 Å². The van der Waals surface area contributed by atoms with Crippen LogP contribution < -0.4 is 5.32 Å². The number of unbranched alkanes of at least 4 members (excludes halogenated alkanes) is 1. The Kier molecular flexibility index (Phi) is 9.41. The number of carbonyl (C=O) groups is 3. The second-order valence-corrected chi connectivity index (χ2v) is 10.7. The number of carboxylic acids is 1. The monoisotopic (exact) mass is 521 g/mol. The number of likely N-dealkylation sites (tertiary alicyclic amines) is 1. The van der Waals surface area contributed by atoms with Gasteiger partial charge in [-0.2, -0.15) is 0 Å². The van der Waals surface area contributed by atoms with Crippen molar-refractivity contribution in [2.45, 2.75) is 94.9 Å². The molecule has 1 saturated carbocycles. The van der Waals surface area contributed by atoms with Gasteiger partial charge in [0.2, 0.25) is 11.8 Å². The summed E-state index contributed by atoms with van der Waals surface area (Å²) in [7, 11) is 0. The van der Waals surface area contributed by atoms with E-state index in [1.165, 1.54) is 0 Å². The zero-order chi connectivity index (χ0) is 25.1. The number of nitrogens with one attached hydrogen (secondary N) is 1. The minimum Gasteiger partial charge on any atom is -0.478 e. The van der Waals surface area contributed by atoms with Gasteiger partial charge >= 0.3 is 5.97 Å². The Morgan fingerprint density at radius 3 is 2.28 bits per heavy atom. The molecule has 3 aliphatic rings. The molecule has 1 aromatic carbocycles. The number of benzene rings is 1. The molecule has 4 rings (SSSR count). The number of carbonyl (C=O) groups excluding carboxylic acids is 2.